The normalized spacial score (nSPS) is 10.0. The van der Waals surface area contributed by atoms with E-state index in [2.05, 4.69) is 0 Å². The van der Waals surface area contributed by atoms with Gasteiger partial charge in [-0.1, -0.05) is 0 Å². The van der Waals surface area contributed by atoms with Gasteiger partial charge in [-0.05, 0) is 0 Å². The van der Waals surface area contributed by atoms with Crippen LogP contribution in [0.3, 0.4) is 0 Å². The molecule has 0 aromatic heterocycles. The molecule has 0 aliphatic heterocycles. The second kappa shape index (κ2) is 3.96. The average Bonchev–Trinajstić information content (AvgIpc) is 1.21. The molecule has 0 heterocycles. The van der Waals surface area contributed by atoms with Crippen molar-refractivity contribution in [2.24, 2.45) is 0 Å². The van der Waals surface area contributed by atoms with Gasteiger partial charge in [-0.3, -0.25) is 9.36 Å². The van der Waals surface area contributed by atoms with Gasteiger partial charge >= 0.3 is 13.6 Å². The lowest BCUT2D eigenvalue weighted by atomic mass is 10.8. The van der Waals surface area contributed by atoms with Gasteiger partial charge in [0.1, 0.15) is 6.16 Å². The van der Waals surface area contributed by atoms with Crippen molar-refractivity contribution in [3.8, 4) is 0 Å². The Bertz CT molecular complexity index is 136. The van der Waals surface area contributed by atoms with Crippen LogP contribution in [-0.4, -0.2) is 27.0 Å². The largest absolute Gasteiger partial charge is 0.481 e. The van der Waals surface area contributed by atoms with Crippen LogP contribution >= 0.6 is 17.5 Å². The fourth-order valence-electron chi connectivity index (χ4n) is 0.176. The topological polar surface area (TPSA) is 94.8 Å². The molecule has 0 spiro atoms. The zero-order valence-corrected chi connectivity index (χ0v) is 6.83. The van der Waals surface area contributed by atoms with E-state index in [0.717, 1.165) is 0 Å². The predicted octanol–water partition coefficient (Wildman–Crippen LogP) is -0.693. The van der Waals surface area contributed by atoms with E-state index in [4.69, 9.17) is 14.9 Å². The number of rotatable bonds is 2. The second-order valence-corrected chi connectivity index (χ2v) is 2.86. The van der Waals surface area contributed by atoms with Crippen molar-refractivity contribution in [3.05, 3.63) is 0 Å². The smallest absolute Gasteiger partial charge is 0.336 e. The molecule has 0 bridgehead atoms. The van der Waals surface area contributed by atoms with E-state index < -0.39 is 19.7 Å². The minimum absolute atomic E-state index is 0. The van der Waals surface area contributed by atoms with Crippen LogP contribution in [0.4, 0.5) is 0 Å². The van der Waals surface area contributed by atoms with Crippen molar-refractivity contribution in [2.45, 2.75) is 0 Å². The molecule has 0 saturated carbocycles. The Morgan fingerprint density at radius 2 is 1.78 bits per heavy atom. The molecule has 0 aliphatic rings. The summed E-state index contributed by atoms with van der Waals surface area (Å²) < 4.78 is 9.76. The summed E-state index contributed by atoms with van der Waals surface area (Å²) in [6.07, 6.45) is -1.09. The Labute approximate surface area is 54.9 Å². The minimum atomic E-state index is -4.32. The summed E-state index contributed by atoms with van der Waals surface area (Å²) in [4.78, 5) is 25.4. The Hall–Kier alpha value is 0.0500. The maximum absolute atomic E-state index is 9.76. The fourth-order valence-corrected chi connectivity index (χ4v) is 0.529. The van der Waals surface area contributed by atoms with Crippen LogP contribution in [0.5, 0.6) is 0 Å². The van der Waals surface area contributed by atoms with Crippen LogP contribution in [0.1, 0.15) is 0 Å². The van der Waals surface area contributed by atoms with Gasteiger partial charge in [0.25, 0.3) is 0 Å². The van der Waals surface area contributed by atoms with E-state index in [1.165, 1.54) is 0 Å². The summed E-state index contributed by atoms with van der Waals surface area (Å²) in [6.45, 7) is 0. The third-order valence-electron chi connectivity index (χ3n) is 0.341. The number of carbonyl (C=O) groups is 1. The van der Waals surface area contributed by atoms with E-state index >= 15 is 0 Å². The Kier molecular flexibility index (Phi) is 5.19. The van der Waals surface area contributed by atoms with Gasteiger partial charge in [0, 0.05) is 0 Å². The SMILES string of the molecule is O=C(O)CP(=O)(O)O.P. The first kappa shape index (κ1) is 11.8. The van der Waals surface area contributed by atoms with Gasteiger partial charge in [-0.15, -0.1) is 0 Å². The lowest BCUT2D eigenvalue weighted by Gasteiger charge is -1.95. The summed E-state index contributed by atoms with van der Waals surface area (Å²) in [5, 5.41) is 7.76. The van der Waals surface area contributed by atoms with E-state index in [0.29, 0.717) is 0 Å². The Morgan fingerprint density at radius 1 is 1.44 bits per heavy atom. The van der Waals surface area contributed by atoms with Crippen LogP contribution in [-0.2, 0) is 9.36 Å². The summed E-state index contributed by atoms with van der Waals surface area (Å²) in [5.41, 5.74) is 0. The first-order chi connectivity index (χ1) is 3.42. The zero-order chi connectivity index (χ0) is 6.78. The lowest BCUT2D eigenvalue weighted by Crippen LogP contribution is -2.01. The molecule has 0 rings (SSSR count). The molecule has 0 aromatic rings. The highest BCUT2D eigenvalue weighted by Gasteiger charge is 2.17. The highest BCUT2D eigenvalue weighted by Crippen LogP contribution is 2.33. The first-order valence-electron chi connectivity index (χ1n) is 1.68. The molecule has 0 amide bonds. The lowest BCUT2D eigenvalue weighted by molar-refractivity contribution is -0.134. The van der Waals surface area contributed by atoms with E-state index in [9.17, 15) is 9.36 Å². The molecular weight excluding hydrogens is 166 g/mol. The van der Waals surface area contributed by atoms with Crippen molar-refractivity contribution in [3.63, 3.8) is 0 Å². The molecule has 56 valence electrons. The summed E-state index contributed by atoms with van der Waals surface area (Å²) in [7, 11) is -4.32. The Balaban J connectivity index is 0. The van der Waals surface area contributed by atoms with E-state index in [1.54, 1.807) is 0 Å². The third-order valence-corrected chi connectivity index (χ3v) is 1.02. The molecule has 0 saturated heterocycles. The van der Waals surface area contributed by atoms with Crippen LogP contribution in [0, 0.1) is 0 Å². The van der Waals surface area contributed by atoms with Gasteiger partial charge in [0.05, 0.1) is 0 Å². The molecular formula is C2H8O5P2. The molecule has 9 heavy (non-hydrogen) atoms. The molecule has 0 fully saturated rings. The van der Waals surface area contributed by atoms with Crippen molar-refractivity contribution in [1.29, 1.82) is 0 Å². The minimum Gasteiger partial charge on any atom is -0.481 e. The number of hydrogen-bond donors (Lipinski definition) is 3. The van der Waals surface area contributed by atoms with Crippen LogP contribution in [0.15, 0.2) is 0 Å². The van der Waals surface area contributed by atoms with Gasteiger partial charge in [-0.25, -0.2) is 0 Å². The molecule has 0 aromatic carbocycles. The quantitative estimate of drug-likeness (QED) is 0.481. The van der Waals surface area contributed by atoms with E-state index in [-0.39, 0.29) is 9.90 Å². The highest BCUT2D eigenvalue weighted by atomic mass is 31.2. The summed E-state index contributed by atoms with van der Waals surface area (Å²) in [5.74, 6) is -1.49. The number of aliphatic carboxylic acids is 1. The van der Waals surface area contributed by atoms with Crippen LogP contribution < -0.4 is 0 Å². The average molecular weight is 174 g/mol. The second-order valence-electron chi connectivity index (χ2n) is 1.22. The molecule has 1 unspecified atom stereocenters. The fraction of sp³-hybridized carbons (Fsp3) is 0.500. The molecule has 5 nitrogen and oxygen atoms in total. The monoisotopic (exact) mass is 174 g/mol. The molecule has 3 N–H and O–H groups in total. The standard InChI is InChI=1S/C2H5O5P.H3P/c3-2(4)1-8(5,6)7;/h1H2,(H,3,4)(H2,5,6,7);1H3. The van der Waals surface area contributed by atoms with Crippen molar-refractivity contribution >= 4 is 23.5 Å². The Morgan fingerprint density at radius 3 is 1.78 bits per heavy atom. The summed E-state index contributed by atoms with van der Waals surface area (Å²) in [6, 6.07) is 0. The van der Waals surface area contributed by atoms with Crippen molar-refractivity contribution in [1.82, 2.24) is 0 Å². The molecule has 1 atom stereocenters. The number of carboxylic acids is 1. The van der Waals surface area contributed by atoms with Crippen molar-refractivity contribution < 1.29 is 24.3 Å². The zero-order valence-electron chi connectivity index (χ0n) is 4.52. The maximum Gasteiger partial charge on any atom is 0.336 e. The number of carboxylic acid groups (broad SMARTS) is 1. The summed E-state index contributed by atoms with van der Waals surface area (Å²) >= 11 is 0. The van der Waals surface area contributed by atoms with Crippen molar-refractivity contribution in [2.75, 3.05) is 6.16 Å². The molecule has 0 aliphatic carbocycles. The number of hydrogen-bond acceptors (Lipinski definition) is 2. The molecule has 0 radical (unpaired) electrons. The van der Waals surface area contributed by atoms with Gasteiger partial charge in [-0.2, -0.15) is 9.90 Å². The van der Waals surface area contributed by atoms with Gasteiger partial charge < -0.3 is 14.9 Å². The van der Waals surface area contributed by atoms with Gasteiger partial charge in [0.2, 0.25) is 0 Å². The molecule has 7 heteroatoms. The highest BCUT2D eigenvalue weighted by molar-refractivity contribution is 7.52. The first-order valence-corrected chi connectivity index (χ1v) is 3.48. The van der Waals surface area contributed by atoms with Crippen LogP contribution in [0.25, 0.3) is 0 Å². The third kappa shape index (κ3) is 11.6. The predicted molar refractivity (Wildman–Crippen MR) is 35.7 cm³/mol. The van der Waals surface area contributed by atoms with Gasteiger partial charge in [0.15, 0.2) is 0 Å². The maximum atomic E-state index is 9.76. The van der Waals surface area contributed by atoms with E-state index in [1.807, 2.05) is 0 Å². The van der Waals surface area contributed by atoms with Crippen LogP contribution in [0.2, 0.25) is 0 Å².